The van der Waals surface area contributed by atoms with Crippen LogP contribution in [-0.4, -0.2) is 21.2 Å². The molecule has 56 valence electrons. The van der Waals surface area contributed by atoms with Gasteiger partial charge in [0.05, 0.1) is 11.9 Å². The van der Waals surface area contributed by atoms with E-state index in [-0.39, 0.29) is 0 Å². The summed E-state index contributed by atoms with van der Waals surface area (Å²) >= 11 is 1.59. The van der Waals surface area contributed by atoms with Gasteiger partial charge < -0.3 is 4.98 Å². The van der Waals surface area contributed by atoms with E-state index in [1.54, 1.807) is 24.2 Å². The number of nitrogens with zero attached hydrogens (tertiary/aromatic N) is 2. The van der Waals surface area contributed by atoms with E-state index < -0.39 is 0 Å². The second kappa shape index (κ2) is 2.54. The van der Waals surface area contributed by atoms with Crippen molar-refractivity contribution in [2.45, 2.75) is 5.16 Å². The van der Waals surface area contributed by atoms with Crippen molar-refractivity contribution in [3.8, 4) is 11.4 Å². The highest BCUT2D eigenvalue weighted by atomic mass is 32.2. The van der Waals surface area contributed by atoms with E-state index in [2.05, 4.69) is 15.0 Å². The first-order chi connectivity index (χ1) is 5.40. The van der Waals surface area contributed by atoms with E-state index >= 15 is 0 Å². The maximum atomic E-state index is 4.14. The number of hydrogen-bond donors (Lipinski definition) is 1. The Morgan fingerprint density at radius 1 is 1.45 bits per heavy atom. The highest BCUT2D eigenvalue weighted by Gasteiger charge is 2.03. The minimum atomic E-state index is 0.919. The number of fused-ring (bicyclic) bond motifs is 1. The molecule has 0 saturated carbocycles. The van der Waals surface area contributed by atoms with E-state index in [4.69, 9.17) is 0 Å². The minimum absolute atomic E-state index is 0.919. The fourth-order valence-corrected chi connectivity index (χ4v) is 1.30. The number of thioether (sulfide) groups is 1. The summed E-state index contributed by atoms with van der Waals surface area (Å²) in [5.41, 5.74) is 1.96. The van der Waals surface area contributed by atoms with Crippen LogP contribution in [0.25, 0.3) is 11.4 Å². The summed E-state index contributed by atoms with van der Waals surface area (Å²) in [5, 5.41) is 0.922. The summed E-state index contributed by atoms with van der Waals surface area (Å²) in [5.74, 6) is 0. The van der Waals surface area contributed by atoms with Crippen molar-refractivity contribution in [2.75, 3.05) is 6.26 Å². The molecule has 0 bridgehead atoms. The molecule has 2 heterocycles. The van der Waals surface area contributed by atoms with Gasteiger partial charge in [-0.2, -0.15) is 0 Å². The molecule has 0 spiro atoms. The molecule has 3 nitrogen and oxygen atoms in total. The van der Waals surface area contributed by atoms with Crippen molar-refractivity contribution < 1.29 is 0 Å². The minimum Gasteiger partial charge on any atom is -0.333 e. The molecule has 0 unspecified atom stereocenters. The van der Waals surface area contributed by atoms with Crippen LogP contribution in [0.2, 0.25) is 0 Å². The van der Waals surface area contributed by atoms with Crippen LogP contribution in [-0.2, 0) is 0 Å². The van der Waals surface area contributed by atoms with E-state index in [1.807, 2.05) is 12.3 Å². The van der Waals surface area contributed by atoms with Crippen molar-refractivity contribution in [1.29, 1.82) is 0 Å². The molecule has 1 N–H and O–H groups in total. The van der Waals surface area contributed by atoms with Crippen molar-refractivity contribution >= 4 is 11.8 Å². The van der Waals surface area contributed by atoms with Crippen LogP contribution >= 0.6 is 11.8 Å². The molecule has 0 saturated heterocycles. The number of aromatic amines is 1. The molecule has 0 aliphatic carbocycles. The Labute approximate surface area is 68.6 Å². The summed E-state index contributed by atoms with van der Waals surface area (Å²) in [4.78, 5) is 11.4. The molecular weight excluding hydrogens is 158 g/mol. The van der Waals surface area contributed by atoms with Crippen LogP contribution in [0, 0.1) is 0 Å². The molecule has 0 aromatic carbocycles. The third-order valence-corrected chi connectivity index (χ3v) is 2.06. The maximum absolute atomic E-state index is 4.14. The van der Waals surface area contributed by atoms with Crippen LogP contribution < -0.4 is 0 Å². The van der Waals surface area contributed by atoms with Gasteiger partial charge in [-0.3, -0.25) is 4.98 Å². The van der Waals surface area contributed by atoms with E-state index in [0.29, 0.717) is 0 Å². The van der Waals surface area contributed by atoms with Crippen LogP contribution in [0.5, 0.6) is 0 Å². The SMILES string of the molecule is CSc1ncc2nccc-2[nH]1. The molecule has 0 fully saturated rings. The molecule has 11 heavy (non-hydrogen) atoms. The molecule has 0 aromatic rings. The molecule has 0 aromatic heterocycles. The monoisotopic (exact) mass is 165 g/mol. The Morgan fingerprint density at radius 2 is 2.36 bits per heavy atom. The molecule has 2 rings (SSSR count). The van der Waals surface area contributed by atoms with Crippen molar-refractivity contribution in [2.24, 2.45) is 0 Å². The van der Waals surface area contributed by atoms with Gasteiger partial charge in [0.25, 0.3) is 0 Å². The van der Waals surface area contributed by atoms with Crippen LogP contribution in [0.4, 0.5) is 0 Å². The van der Waals surface area contributed by atoms with Crippen LogP contribution in [0.1, 0.15) is 0 Å². The Balaban J connectivity index is 2.59. The summed E-state index contributed by atoms with van der Waals surface area (Å²) in [6, 6.07) is 1.94. The van der Waals surface area contributed by atoms with E-state index in [1.165, 1.54) is 0 Å². The van der Waals surface area contributed by atoms with Gasteiger partial charge in [-0.05, 0) is 12.3 Å². The first-order valence-electron chi connectivity index (χ1n) is 3.24. The van der Waals surface area contributed by atoms with Gasteiger partial charge >= 0.3 is 0 Å². The largest absolute Gasteiger partial charge is 0.333 e. The molecule has 2 aliphatic heterocycles. The van der Waals surface area contributed by atoms with Gasteiger partial charge in [-0.15, -0.1) is 0 Å². The number of H-pyrrole nitrogens is 1. The molecule has 2 aliphatic rings. The summed E-state index contributed by atoms with van der Waals surface area (Å²) in [6.07, 6.45) is 5.53. The van der Waals surface area contributed by atoms with E-state index in [9.17, 15) is 0 Å². The van der Waals surface area contributed by atoms with E-state index in [0.717, 1.165) is 16.5 Å². The second-order valence-corrected chi connectivity index (χ2v) is 2.93. The highest BCUT2D eigenvalue weighted by Crippen LogP contribution is 2.18. The van der Waals surface area contributed by atoms with Gasteiger partial charge in [0.15, 0.2) is 5.16 Å². The topological polar surface area (TPSA) is 41.6 Å². The van der Waals surface area contributed by atoms with Crippen molar-refractivity contribution in [1.82, 2.24) is 15.0 Å². The lowest BCUT2D eigenvalue weighted by Gasteiger charge is -1.99. The highest BCUT2D eigenvalue weighted by molar-refractivity contribution is 7.98. The Hall–Kier alpha value is -1.03. The number of nitrogens with one attached hydrogen (secondary N) is 1. The van der Waals surface area contributed by atoms with Crippen LogP contribution in [0.15, 0.2) is 23.6 Å². The van der Waals surface area contributed by atoms with Crippen molar-refractivity contribution in [3.63, 3.8) is 0 Å². The molecule has 4 heteroatoms. The van der Waals surface area contributed by atoms with Gasteiger partial charge in [0.1, 0.15) is 5.69 Å². The second-order valence-electron chi connectivity index (χ2n) is 2.14. The number of rotatable bonds is 1. The molecule has 0 atom stereocenters. The average Bonchev–Trinajstić information content (AvgIpc) is 2.50. The summed E-state index contributed by atoms with van der Waals surface area (Å²) in [7, 11) is 0. The standard InChI is InChI=1S/C7H7N3S/c1-11-7-9-4-6-5(10-7)2-3-8-6/h2-4H,1H3,(H,9,10). The number of hydrogen-bond acceptors (Lipinski definition) is 3. The van der Waals surface area contributed by atoms with Crippen molar-refractivity contribution in [3.05, 3.63) is 18.5 Å². The van der Waals surface area contributed by atoms with Gasteiger partial charge in [0, 0.05) is 6.20 Å². The predicted molar refractivity (Wildman–Crippen MR) is 44.8 cm³/mol. The average molecular weight is 165 g/mol. The zero-order chi connectivity index (χ0) is 7.68. The zero-order valence-corrected chi connectivity index (χ0v) is 6.85. The lowest BCUT2D eigenvalue weighted by molar-refractivity contribution is 0.970. The Bertz CT molecular complexity index is 331. The molecular formula is C7H7N3S. The normalized spacial score (nSPS) is 10.6. The van der Waals surface area contributed by atoms with Gasteiger partial charge in [-0.25, -0.2) is 4.98 Å². The predicted octanol–water partition coefficient (Wildman–Crippen LogP) is 1.63. The zero-order valence-electron chi connectivity index (χ0n) is 6.03. The third-order valence-electron chi connectivity index (χ3n) is 1.47. The van der Waals surface area contributed by atoms with Gasteiger partial charge in [-0.1, -0.05) is 11.8 Å². The maximum Gasteiger partial charge on any atom is 0.165 e. The fourth-order valence-electron chi connectivity index (χ4n) is 0.927. The lowest BCUT2D eigenvalue weighted by Crippen LogP contribution is -1.88. The first kappa shape index (κ1) is 6.67. The summed E-state index contributed by atoms with van der Waals surface area (Å²) < 4.78 is 0. The molecule has 0 amide bonds. The fraction of sp³-hybridized carbons (Fsp3) is 0.143. The third kappa shape index (κ3) is 1.09. The summed E-state index contributed by atoms with van der Waals surface area (Å²) in [6.45, 7) is 0. The number of aromatic nitrogens is 3. The first-order valence-corrected chi connectivity index (χ1v) is 4.46. The Kier molecular flexibility index (Phi) is 1.54. The van der Waals surface area contributed by atoms with Gasteiger partial charge in [0.2, 0.25) is 0 Å². The lowest BCUT2D eigenvalue weighted by atomic mass is 10.3. The quantitative estimate of drug-likeness (QED) is 0.516. The smallest absolute Gasteiger partial charge is 0.165 e. The molecule has 0 radical (unpaired) electrons. The van der Waals surface area contributed by atoms with Crippen LogP contribution in [0.3, 0.4) is 0 Å². The Morgan fingerprint density at radius 3 is 3.18 bits per heavy atom.